The van der Waals surface area contributed by atoms with E-state index in [1.807, 2.05) is 6.92 Å². The molecule has 1 unspecified atom stereocenters. The van der Waals surface area contributed by atoms with Gasteiger partial charge in [-0.25, -0.2) is 0 Å². The summed E-state index contributed by atoms with van der Waals surface area (Å²) >= 11 is 3.27. The third-order valence-electron chi connectivity index (χ3n) is 2.97. The van der Waals surface area contributed by atoms with E-state index in [4.69, 9.17) is 10.9 Å². The first-order valence-corrected chi connectivity index (χ1v) is 6.95. The van der Waals surface area contributed by atoms with Crippen molar-refractivity contribution in [3.63, 3.8) is 0 Å². The Balaban J connectivity index is 2.95. The van der Waals surface area contributed by atoms with Crippen molar-refractivity contribution in [2.45, 2.75) is 13.8 Å². The van der Waals surface area contributed by atoms with Crippen molar-refractivity contribution in [3.05, 3.63) is 28.2 Å². The Labute approximate surface area is 126 Å². The predicted molar refractivity (Wildman–Crippen MR) is 80.0 cm³/mol. The number of amides is 1. The zero-order valence-corrected chi connectivity index (χ0v) is 13.0. The van der Waals surface area contributed by atoms with E-state index in [0.29, 0.717) is 17.6 Å². The third-order valence-corrected chi connectivity index (χ3v) is 3.47. The first kappa shape index (κ1) is 16.3. The summed E-state index contributed by atoms with van der Waals surface area (Å²) in [7, 11) is 0. The normalized spacial score (nSPS) is 13.1. The van der Waals surface area contributed by atoms with Crippen LogP contribution >= 0.6 is 15.9 Å². The Kier molecular flexibility index (Phi) is 5.82. The molecular weight excluding hydrogens is 326 g/mol. The molecule has 0 aliphatic rings. The molecule has 110 valence electrons. The summed E-state index contributed by atoms with van der Waals surface area (Å²) in [5.74, 6) is -0.593. The van der Waals surface area contributed by atoms with Crippen molar-refractivity contribution in [1.29, 1.82) is 0 Å². The van der Waals surface area contributed by atoms with Crippen molar-refractivity contribution < 1.29 is 15.1 Å². The maximum atomic E-state index is 12.4. The molecule has 0 aliphatic heterocycles. The molecule has 7 heteroatoms. The number of phenolic OH excluding ortho intramolecular Hbond substituents is 1. The van der Waals surface area contributed by atoms with Gasteiger partial charge in [0.2, 0.25) is 0 Å². The number of nitrogens with zero attached hydrogens (tertiary/aromatic N) is 2. The highest BCUT2D eigenvalue weighted by Crippen LogP contribution is 2.23. The number of oxime groups is 1. The molecule has 0 aliphatic carbocycles. The van der Waals surface area contributed by atoms with E-state index in [9.17, 15) is 9.90 Å². The van der Waals surface area contributed by atoms with Gasteiger partial charge in [0.05, 0.1) is 5.56 Å². The minimum atomic E-state index is -0.302. The number of carbonyl (C=O) groups excluding carboxylic acids is 1. The lowest BCUT2D eigenvalue weighted by atomic mass is 10.1. The van der Waals surface area contributed by atoms with E-state index in [-0.39, 0.29) is 29.0 Å². The molecule has 0 heterocycles. The first-order chi connectivity index (χ1) is 9.40. The Bertz CT molecular complexity index is 520. The summed E-state index contributed by atoms with van der Waals surface area (Å²) in [5.41, 5.74) is 5.73. The number of nitrogens with two attached hydrogens (primary N) is 1. The highest BCUT2D eigenvalue weighted by molar-refractivity contribution is 9.10. The number of amidine groups is 1. The second-order valence-electron chi connectivity index (χ2n) is 4.43. The van der Waals surface area contributed by atoms with Crippen LogP contribution in [0.15, 0.2) is 27.8 Å². The smallest absolute Gasteiger partial charge is 0.257 e. The van der Waals surface area contributed by atoms with E-state index in [1.165, 1.54) is 11.0 Å². The summed E-state index contributed by atoms with van der Waals surface area (Å²) in [6.07, 6.45) is 0. The SMILES string of the molecule is CCN(CC(C)/C(N)=N/O)C(=O)c1cc(Br)ccc1O. The summed E-state index contributed by atoms with van der Waals surface area (Å²) in [6, 6.07) is 4.67. The van der Waals surface area contributed by atoms with Crippen LogP contribution in [0.5, 0.6) is 5.75 Å². The fraction of sp³-hybridized carbons (Fsp3) is 0.385. The van der Waals surface area contributed by atoms with Crippen molar-refractivity contribution >= 4 is 27.7 Å². The number of aromatic hydroxyl groups is 1. The minimum absolute atomic E-state index is 0.0646. The fourth-order valence-electron chi connectivity index (χ4n) is 1.73. The Hall–Kier alpha value is -1.76. The van der Waals surface area contributed by atoms with Gasteiger partial charge in [0.15, 0.2) is 0 Å². The van der Waals surface area contributed by atoms with E-state index in [1.54, 1.807) is 19.1 Å². The van der Waals surface area contributed by atoms with Gasteiger partial charge in [0.1, 0.15) is 11.6 Å². The molecule has 1 rings (SSSR count). The quantitative estimate of drug-likeness (QED) is 0.329. The van der Waals surface area contributed by atoms with Crippen LogP contribution < -0.4 is 5.73 Å². The molecule has 0 spiro atoms. The van der Waals surface area contributed by atoms with Gasteiger partial charge in [-0.2, -0.15) is 0 Å². The monoisotopic (exact) mass is 343 g/mol. The van der Waals surface area contributed by atoms with Crippen LogP contribution in [0.4, 0.5) is 0 Å². The van der Waals surface area contributed by atoms with Crippen LogP contribution in [-0.4, -0.2) is 40.0 Å². The van der Waals surface area contributed by atoms with Crippen molar-refractivity contribution in [2.75, 3.05) is 13.1 Å². The highest BCUT2D eigenvalue weighted by atomic mass is 79.9. The molecule has 1 aromatic carbocycles. The molecule has 1 atom stereocenters. The van der Waals surface area contributed by atoms with E-state index < -0.39 is 0 Å². The standard InChI is InChI=1S/C13H18BrN3O3/c1-3-17(7-8(2)12(15)16-20)13(19)10-6-9(14)4-5-11(10)18/h4-6,8,18,20H,3,7H2,1-2H3,(H2,15,16). The van der Waals surface area contributed by atoms with Crippen LogP contribution in [0, 0.1) is 5.92 Å². The first-order valence-electron chi connectivity index (χ1n) is 6.15. The maximum absolute atomic E-state index is 12.4. The summed E-state index contributed by atoms with van der Waals surface area (Å²) < 4.78 is 0.708. The zero-order chi connectivity index (χ0) is 15.3. The molecule has 0 bridgehead atoms. The van der Waals surface area contributed by atoms with Crippen LogP contribution in [0.1, 0.15) is 24.2 Å². The zero-order valence-electron chi connectivity index (χ0n) is 11.4. The molecule has 0 saturated heterocycles. The van der Waals surface area contributed by atoms with E-state index in [0.717, 1.165) is 0 Å². The summed E-state index contributed by atoms with van der Waals surface area (Å²) in [6.45, 7) is 4.34. The molecule has 0 aromatic heterocycles. The molecule has 20 heavy (non-hydrogen) atoms. The molecule has 6 nitrogen and oxygen atoms in total. The lowest BCUT2D eigenvalue weighted by Gasteiger charge is -2.24. The summed E-state index contributed by atoms with van der Waals surface area (Å²) in [4.78, 5) is 13.9. The third kappa shape index (κ3) is 3.86. The van der Waals surface area contributed by atoms with Gasteiger partial charge < -0.3 is 20.9 Å². The summed E-state index contributed by atoms with van der Waals surface area (Å²) in [5, 5.41) is 21.4. The number of rotatable bonds is 5. The van der Waals surface area contributed by atoms with Gasteiger partial charge >= 0.3 is 0 Å². The molecule has 1 aromatic rings. The second-order valence-corrected chi connectivity index (χ2v) is 5.35. The van der Waals surface area contributed by atoms with E-state index >= 15 is 0 Å². The van der Waals surface area contributed by atoms with Gasteiger partial charge in [-0.05, 0) is 25.1 Å². The topological polar surface area (TPSA) is 99.1 Å². The van der Waals surface area contributed by atoms with Crippen LogP contribution in [-0.2, 0) is 0 Å². The van der Waals surface area contributed by atoms with Crippen LogP contribution in [0.3, 0.4) is 0 Å². The van der Waals surface area contributed by atoms with E-state index in [2.05, 4.69) is 21.1 Å². The predicted octanol–water partition coefficient (Wildman–Crippen LogP) is 2.00. The Morgan fingerprint density at radius 3 is 2.75 bits per heavy atom. The largest absolute Gasteiger partial charge is 0.507 e. The number of carbonyl (C=O) groups is 1. The van der Waals surface area contributed by atoms with Crippen LogP contribution in [0.2, 0.25) is 0 Å². The number of phenols is 1. The second kappa shape index (κ2) is 7.14. The van der Waals surface area contributed by atoms with Gasteiger partial charge in [-0.3, -0.25) is 4.79 Å². The minimum Gasteiger partial charge on any atom is -0.507 e. The Morgan fingerprint density at radius 1 is 1.55 bits per heavy atom. The number of hydrogen-bond donors (Lipinski definition) is 3. The molecule has 0 radical (unpaired) electrons. The lowest BCUT2D eigenvalue weighted by Crippen LogP contribution is -2.38. The number of hydrogen-bond acceptors (Lipinski definition) is 4. The van der Waals surface area contributed by atoms with Crippen LogP contribution in [0.25, 0.3) is 0 Å². The molecular formula is C13H18BrN3O3. The number of halogens is 1. The van der Waals surface area contributed by atoms with Gasteiger partial charge in [0.25, 0.3) is 5.91 Å². The maximum Gasteiger partial charge on any atom is 0.257 e. The molecule has 1 amide bonds. The van der Waals surface area contributed by atoms with Gasteiger partial charge in [-0.15, -0.1) is 0 Å². The van der Waals surface area contributed by atoms with Gasteiger partial charge in [-0.1, -0.05) is 28.0 Å². The highest BCUT2D eigenvalue weighted by Gasteiger charge is 2.21. The van der Waals surface area contributed by atoms with Crippen molar-refractivity contribution in [2.24, 2.45) is 16.8 Å². The average molecular weight is 344 g/mol. The molecule has 0 fully saturated rings. The lowest BCUT2D eigenvalue weighted by molar-refractivity contribution is 0.0750. The molecule has 4 N–H and O–H groups in total. The van der Waals surface area contributed by atoms with Crippen molar-refractivity contribution in [3.8, 4) is 5.75 Å². The Morgan fingerprint density at radius 2 is 2.20 bits per heavy atom. The molecule has 0 saturated carbocycles. The average Bonchev–Trinajstić information content (AvgIpc) is 2.45. The fourth-order valence-corrected chi connectivity index (χ4v) is 2.09. The van der Waals surface area contributed by atoms with Gasteiger partial charge in [0, 0.05) is 23.5 Å². The number of benzene rings is 1. The van der Waals surface area contributed by atoms with Crippen molar-refractivity contribution in [1.82, 2.24) is 4.90 Å².